The zero-order valence-electron chi connectivity index (χ0n) is 16.0. The molecule has 0 saturated carbocycles. The van der Waals surface area contributed by atoms with Crippen molar-refractivity contribution in [3.05, 3.63) is 62.4 Å². The molecule has 3 rings (SSSR count). The van der Waals surface area contributed by atoms with Gasteiger partial charge in [0.1, 0.15) is 18.1 Å². The van der Waals surface area contributed by atoms with Gasteiger partial charge in [0, 0.05) is 18.7 Å². The molecular formula is C17H17N2O12P. The first kappa shape index (κ1) is 23.4. The summed E-state index contributed by atoms with van der Waals surface area (Å²) in [4.78, 5) is 57.2. The largest absolute Gasteiger partial charge is 0.527 e. The number of H-pyrrole nitrogens is 1. The molecule has 4 atom stereocenters. The normalized spacial score (nSPS) is 22.2. The number of aliphatic hydroxyl groups is 1. The van der Waals surface area contributed by atoms with Gasteiger partial charge >= 0.3 is 25.5 Å². The van der Waals surface area contributed by atoms with Gasteiger partial charge in [0.15, 0.2) is 0 Å². The number of rotatable bonds is 8. The van der Waals surface area contributed by atoms with Gasteiger partial charge in [-0.15, -0.1) is 0 Å². The molecule has 172 valence electrons. The molecule has 2 aromatic rings. The van der Waals surface area contributed by atoms with Crippen LogP contribution in [0.15, 0.2) is 40.1 Å². The number of benzene rings is 1. The summed E-state index contributed by atoms with van der Waals surface area (Å²) in [5.41, 5.74) is -2.61. The Morgan fingerprint density at radius 2 is 1.88 bits per heavy atom. The highest BCUT2D eigenvalue weighted by molar-refractivity contribution is 7.47. The summed E-state index contributed by atoms with van der Waals surface area (Å²) in [5.74, 6) is -3.54. The van der Waals surface area contributed by atoms with Crippen molar-refractivity contribution in [1.82, 2.24) is 9.55 Å². The third-order valence-electron chi connectivity index (χ3n) is 4.44. The number of aromatic amines is 1. The lowest BCUT2D eigenvalue weighted by Gasteiger charge is -2.18. The number of phosphoric ester groups is 1. The fourth-order valence-electron chi connectivity index (χ4n) is 2.96. The van der Waals surface area contributed by atoms with E-state index < -0.39 is 72.9 Å². The lowest BCUT2D eigenvalue weighted by molar-refractivity contribution is -0.0447. The molecule has 1 fully saturated rings. The first-order valence-corrected chi connectivity index (χ1v) is 10.4. The maximum Gasteiger partial charge on any atom is 0.527 e. The predicted molar refractivity (Wildman–Crippen MR) is 103 cm³/mol. The summed E-state index contributed by atoms with van der Waals surface area (Å²) >= 11 is 0. The van der Waals surface area contributed by atoms with Gasteiger partial charge in [-0.2, -0.15) is 0 Å². The van der Waals surface area contributed by atoms with Crippen LogP contribution in [0.1, 0.15) is 33.4 Å². The van der Waals surface area contributed by atoms with E-state index in [-0.39, 0.29) is 6.42 Å². The molecule has 1 aliphatic rings. The van der Waals surface area contributed by atoms with Crippen LogP contribution in [-0.4, -0.2) is 60.5 Å². The molecule has 32 heavy (non-hydrogen) atoms. The van der Waals surface area contributed by atoms with Gasteiger partial charge in [-0.05, 0) is 18.2 Å². The molecule has 14 nitrogen and oxygen atoms in total. The Balaban J connectivity index is 1.66. The maximum absolute atomic E-state index is 12.2. The average Bonchev–Trinajstić information content (AvgIpc) is 3.06. The van der Waals surface area contributed by atoms with Crippen molar-refractivity contribution in [2.24, 2.45) is 0 Å². The first-order chi connectivity index (χ1) is 15.0. The van der Waals surface area contributed by atoms with Crippen molar-refractivity contribution in [3.63, 3.8) is 0 Å². The molecule has 1 aromatic carbocycles. The third kappa shape index (κ3) is 5.30. The number of aromatic carboxylic acids is 2. The smallest absolute Gasteiger partial charge is 0.478 e. The van der Waals surface area contributed by atoms with Crippen LogP contribution in [0.5, 0.6) is 5.75 Å². The Bertz CT molecular complexity index is 1200. The minimum absolute atomic E-state index is 0.0742. The minimum Gasteiger partial charge on any atom is -0.478 e. The Hall–Kier alpha value is -3.29. The molecule has 5 N–H and O–H groups in total. The fourth-order valence-corrected chi connectivity index (χ4v) is 3.73. The first-order valence-electron chi connectivity index (χ1n) is 8.89. The van der Waals surface area contributed by atoms with Crippen LogP contribution < -0.4 is 15.8 Å². The average molecular weight is 472 g/mol. The van der Waals surface area contributed by atoms with E-state index in [0.29, 0.717) is 0 Å². The number of carboxylic acids is 2. The number of aromatic nitrogens is 2. The Kier molecular flexibility index (Phi) is 6.62. The van der Waals surface area contributed by atoms with Crippen LogP contribution in [0.25, 0.3) is 0 Å². The van der Waals surface area contributed by atoms with Crippen molar-refractivity contribution < 1.29 is 48.2 Å². The molecule has 1 aliphatic heterocycles. The molecule has 1 saturated heterocycles. The van der Waals surface area contributed by atoms with Crippen LogP contribution in [0.2, 0.25) is 0 Å². The standard InChI is InChI=1S/C17H17N2O12P/c20-11-6-14(19-4-3-13(21)18-17(19)26)30-12(11)7-29-32(27,28)31-8-1-2-9(15(22)23)10(5-8)16(24)25/h1-5,11-12,14,20H,6-7H2,(H,22,23)(H,24,25)(H,27,28)(H,18,21,26)/t11-,12+,14+/m0/s1. The second-order valence-corrected chi connectivity index (χ2v) is 8.00. The zero-order chi connectivity index (χ0) is 23.6. The van der Waals surface area contributed by atoms with Gasteiger partial charge in [-0.25, -0.2) is 18.9 Å². The van der Waals surface area contributed by atoms with Gasteiger partial charge in [-0.1, -0.05) is 0 Å². The van der Waals surface area contributed by atoms with Gasteiger partial charge in [-0.3, -0.25) is 23.8 Å². The number of hydrogen-bond acceptors (Lipinski definition) is 9. The second kappa shape index (κ2) is 9.06. The molecular weight excluding hydrogens is 455 g/mol. The third-order valence-corrected chi connectivity index (χ3v) is 5.36. The number of carbonyl (C=O) groups is 2. The van der Waals surface area contributed by atoms with Crippen molar-refractivity contribution in [2.45, 2.75) is 24.9 Å². The van der Waals surface area contributed by atoms with Crippen molar-refractivity contribution in [3.8, 4) is 5.75 Å². The number of nitrogens with one attached hydrogen (secondary N) is 1. The van der Waals surface area contributed by atoms with E-state index >= 15 is 0 Å². The predicted octanol–water partition coefficient (Wildman–Crippen LogP) is -0.223. The highest BCUT2D eigenvalue weighted by Gasteiger charge is 2.38. The SMILES string of the molecule is O=C(O)c1ccc(OP(=O)(O)OC[C@H]2O[C@@H](n3ccc(=O)[nH]c3=O)C[C@@H]2O)cc1C(=O)O. The van der Waals surface area contributed by atoms with Crippen molar-refractivity contribution in [2.75, 3.05) is 6.61 Å². The van der Waals surface area contributed by atoms with E-state index in [1.54, 1.807) is 0 Å². The molecule has 0 spiro atoms. The Labute approximate surface area is 177 Å². The van der Waals surface area contributed by atoms with Crippen LogP contribution in [0, 0.1) is 0 Å². The molecule has 0 bridgehead atoms. The van der Waals surface area contributed by atoms with E-state index in [4.69, 9.17) is 24.0 Å². The van der Waals surface area contributed by atoms with E-state index in [1.165, 1.54) is 6.20 Å². The molecule has 15 heteroatoms. The number of aliphatic hydroxyl groups excluding tert-OH is 1. The summed E-state index contributed by atoms with van der Waals surface area (Å²) in [7, 11) is -4.84. The minimum atomic E-state index is -4.84. The Morgan fingerprint density at radius 3 is 2.50 bits per heavy atom. The molecule has 0 radical (unpaired) electrons. The van der Waals surface area contributed by atoms with E-state index in [9.17, 15) is 33.7 Å². The number of carboxylic acid groups (broad SMARTS) is 2. The van der Waals surface area contributed by atoms with Crippen LogP contribution in [0.4, 0.5) is 0 Å². The summed E-state index contributed by atoms with van der Waals surface area (Å²) in [6.45, 7) is -0.636. The van der Waals surface area contributed by atoms with Crippen molar-refractivity contribution >= 4 is 19.8 Å². The van der Waals surface area contributed by atoms with Gasteiger partial charge < -0.3 is 24.6 Å². The summed E-state index contributed by atoms with van der Waals surface area (Å²) in [6.07, 6.45) is -2.19. The molecule has 1 unspecified atom stereocenters. The highest BCUT2D eigenvalue weighted by Crippen LogP contribution is 2.45. The fraction of sp³-hybridized carbons (Fsp3) is 0.294. The molecule has 2 heterocycles. The number of phosphoric acid groups is 1. The quantitative estimate of drug-likeness (QED) is 0.315. The van der Waals surface area contributed by atoms with Crippen molar-refractivity contribution in [1.29, 1.82) is 0 Å². The molecule has 0 aliphatic carbocycles. The van der Waals surface area contributed by atoms with Gasteiger partial charge in [0.25, 0.3) is 5.56 Å². The van der Waals surface area contributed by atoms with E-state index in [1.807, 2.05) is 4.98 Å². The lowest BCUT2D eigenvalue weighted by atomic mass is 10.1. The second-order valence-electron chi connectivity index (χ2n) is 6.62. The van der Waals surface area contributed by atoms with Gasteiger partial charge in [0.2, 0.25) is 0 Å². The van der Waals surface area contributed by atoms with Crippen LogP contribution in [0.3, 0.4) is 0 Å². The lowest BCUT2D eigenvalue weighted by Crippen LogP contribution is -2.31. The van der Waals surface area contributed by atoms with Crippen LogP contribution in [-0.2, 0) is 13.8 Å². The topological polar surface area (TPSA) is 215 Å². The van der Waals surface area contributed by atoms with E-state index in [0.717, 1.165) is 28.8 Å². The summed E-state index contributed by atoms with van der Waals surface area (Å²) < 4.78 is 28.2. The Morgan fingerprint density at radius 1 is 1.19 bits per heavy atom. The molecule has 0 amide bonds. The summed E-state index contributed by atoms with van der Waals surface area (Å²) in [5, 5.41) is 28.2. The van der Waals surface area contributed by atoms with Gasteiger partial charge in [0.05, 0.1) is 23.8 Å². The van der Waals surface area contributed by atoms with E-state index in [2.05, 4.69) is 0 Å². The molecule has 1 aromatic heterocycles. The maximum atomic E-state index is 12.2. The number of nitrogens with zero attached hydrogens (tertiary/aromatic N) is 1. The monoisotopic (exact) mass is 472 g/mol. The summed E-state index contributed by atoms with van der Waals surface area (Å²) in [6, 6.07) is 3.69. The van der Waals surface area contributed by atoms with Crippen LogP contribution >= 0.6 is 7.82 Å². The highest BCUT2D eigenvalue weighted by atomic mass is 31.2. The number of hydrogen-bond donors (Lipinski definition) is 5. The zero-order valence-corrected chi connectivity index (χ0v) is 16.9. The number of ether oxygens (including phenoxy) is 1.